The fraction of sp³-hybridized carbons (Fsp3) is 0.174. The molecular weight excluding hydrogens is 398 g/mol. The van der Waals surface area contributed by atoms with Crippen molar-refractivity contribution < 1.29 is 9.53 Å². The van der Waals surface area contributed by atoms with Crippen molar-refractivity contribution in [1.82, 2.24) is 9.55 Å². The number of fused-ring (bicyclic) bond motifs is 1. The lowest BCUT2D eigenvalue weighted by Gasteiger charge is -2.17. The average molecular weight is 420 g/mol. The van der Waals surface area contributed by atoms with Crippen molar-refractivity contribution >= 4 is 27.5 Å². The van der Waals surface area contributed by atoms with E-state index in [2.05, 4.69) is 0 Å². The number of hydrogen-bond acceptors (Lipinski definition) is 5. The van der Waals surface area contributed by atoms with Crippen LogP contribution in [0.15, 0.2) is 58.7 Å². The van der Waals surface area contributed by atoms with Crippen LogP contribution < -0.4 is 16.0 Å². The summed E-state index contributed by atoms with van der Waals surface area (Å²) >= 11 is 1.39. The molecule has 7 heteroatoms. The molecule has 1 amide bonds. The minimum Gasteiger partial charge on any atom is -0.496 e. The minimum absolute atomic E-state index is 0.301. The minimum atomic E-state index is -0.850. The average Bonchev–Trinajstić information content (AvgIpc) is 3.18. The Morgan fingerprint density at radius 1 is 1.17 bits per heavy atom. The second-order valence-corrected chi connectivity index (χ2v) is 7.95. The summed E-state index contributed by atoms with van der Waals surface area (Å²) in [6.45, 7) is 3.60. The van der Waals surface area contributed by atoms with Crippen molar-refractivity contribution in [3.8, 4) is 28.3 Å². The van der Waals surface area contributed by atoms with Crippen LogP contribution >= 0.6 is 11.3 Å². The van der Waals surface area contributed by atoms with Crippen molar-refractivity contribution in [2.24, 2.45) is 5.73 Å². The number of ether oxygens (including phenoxy) is 1. The fourth-order valence-corrected chi connectivity index (χ4v) is 4.44. The number of rotatable bonds is 5. The Hall–Kier alpha value is -3.45. The highest BCUT2D eigenvalue weighted by atomic mass is 32.1. The lowest BCUT2D eigenvalue weighted by molar-refractivity contribution is -0.120. The van der Waals surface area contributed by atoms with E-state index in [0.29, 0.717) is 21.8 Å². The maximum Gasteiger partial charge on any atom is 0.263 e. The number of thiophene rings is 1. The third kappa shape index (κ3) is 3.27. The van der Waals surface area contributed by atoms with Crippen LogP contribution in [0.4, 0.5) is 0 Å². The maximum absolute atomic E-state index is 13.7. The summed E-state index contributed by atoms with van der Waals surface area (Å²) < 4.78 is 6.91. The van der Waals surface area contributed by atoms with Crippen molar-refractivity contribution in [3.05, 3.63) is 69.8 Å². The van der Waals surface area contributed by atoms with E-state index in [9.17, 15) is 9.59 Å². The van der Waals surface area contributed by atoms with E-state index in [1.165, 1.54) is 15.9 Å². The molecule has 1 atom stereocenters. The Bertz CT molecular complexity index is 1310. The molecule has 0 aliphatic carbocycles. The molecule has 0 spiro atoms. The van der Waals surface area contributed by atoms with Gasteiger partial charge in [-0.05, 0) is 26.0 Å². The molecule has 1 unspecified atom stereocenters. The highest BCUT2D eigenvalue weighted by Crippen LogP contribution is 2.38. The summed E-state index contributed by atoms with van der Waals surface area (Å²) in [7, 11) is 1.60. The predicted molar refractivity (Wildman–Crippen MR) is 120 cm³/mol. The van der Waals surface area contributed by atoms with Crippen LogP contribution in [0.25, 0.3) is 32.7 Å². The second kappa shape index (κ2) is 7.76. The molecule has 0 aliphatic rings. The number of aryl methyl sites for hydroxylation is 1. The number of nitrogens with two attached hydrogens (primary N) is 1. The Labute approximate surface area is 177 Å². The van der Waals surface area contributed by atoms with Crippen LogP contribution in [0.5, 0.6) is 5.75 Å². The molecule has 4 rings (SSSR count). The number of methoxy groups -OCH3 is 1. The van der Waals surface area contributed by atoms with Crippen molar-refractivity contribution in [2.75, 3.05) is 7.11 Å². The summed E-state index contributed by atoms with van der Waals surface area (Å²) in [5.41, 5.74) is 8.61. The number of benzene rings is 2. The molecule has 30 heavy (non-hydrogen) atoms. The van der Waals surface area contributed by atoms with Gasteiger partial charge >= 0.3 is 0 Å². The summed E-state index contributed by atoms with van der Waals surface area (Å²) in [6, 6.07) is 14.3. The first kappa shape index (κ1) is 19.8. The molecule has 6 nitrogen and oxygen atoms in total. The summed E-state index contributed by atoms with van der Waals surface area (Å²) in [4.78, 5) is 31.1. The maximum atomic E-state index is 13.7. The quantitative estimate of drug-likeness (QED) is 0.526. The zero-order valence-corrected chi connectivity index (χ0v) is 17.7. The van der Waals surface area contributed by atoms with Crippen LogP contribution in [0.3, 0.4) is 0 Å². The summed E-state index contributed by atoms with van der Waals surface area (Å²) in [5.74, 6) is 0.491. The lowest BCUT2D eigenvalue weighted by atomic mass is 10.0. The van der Waals surface area contributed by atoms with Gasteiger partial charge in [0.1, 0.15) is 22.4 Å². The molecule has 4 aromatic rings. The van der Waals surface area contributed by atoms with Gasteiger partial charge in [0.05, 0.1) is 12.5 Å². The smallest absolute Gasteiger partial charge is 0.263 e. The Balaban J connectivity index is 2.08. The normalized spacial score (nSPS) is 12.1. The zero-order chi connectivity index (χ0) is 21.4. The standard InChI is InChI=1S/C23H21N3O3S/c1-13-9-10-18(29-3)16(11-13)17-12-30-22-19(17)23(28)26(14(2)20(24)27)21(25-22)15-7-5-4-6-8-15/h4-12,14H,1-3H3,(H2,24,27). The highest BCUT2D eigenvalue weighted by molar-refractivity contribution is 7.17. The summed E-state index contributed by atoms with van der Waals surface area (Å²) in [6.07, 6.45) is 0. The Morgan fingerprint density at radius 3 is 2.57 bits per heavy atom. The van der Waals surface area contributed by atoms with E-state index >= 15 is 0 Å². The summed E-state index contributed by atoms with van der Waals surface area (Å²) in [5, 5.41) is 2.36. The van der Waals surface area contributed by atoms with Crippen LogP contribution in [0.1, 0.15) is 18.5 Å². The fourth-order valence-electron chi connectivity index (χ4n) is 3.51. The number of primary amides is 1. The van der Waals surface area contributed by atoms with Gasteiger partial charge in [0.2, 0.25) is 5.91 Å². The van der Waals surface area contributed by atoms with Gasteiger partial charge in [0, 0.05) is 22.1 Å². The first-order valence-electron chi connectivity index (χ1n) is 9.46. The second-order valence-electron chi connectivity index (χ2n) is 7.09. The molecule has 2 heterocycles. The van der Waals surface area contributed by atoms with Gasteiger partial charge in [-0.2, -0.15) is 0 Å². The van der Waals surface area contributed by atoms with Gasteiger partial charge in [-0.25, -0.2) is 4.98 Å². The van der Waals surface area contributed by atoms with Crippen LogP contribution in [0, 0.1) is 6.92 Å². The van der Waals surface area contributed by atoms with Gasteiger partial charge in [-0.1, -0.05) is 42.0 Å². The molecule has 0 bridgehead atoms. The molecule has 0 fully saturated rings. The molecule has 152 valence electrons. The van der Waals surface area contributed by atoms with Gasteiger partial charge in [-0.3, -0.25) is 14.2 Å². The molecule has 0 saturated carbocycles. The van der Waals surface area contributed by atoms with Gasteiger partial charge in [0.15, 0.2) is 0 Å². The van der Waals surface area contributed by atoms with Gasteiger partial charge in [0.25, 0.3) is 5.56 Å². The van der Waals surface area contributed by atoms with E-state index in [1.54, 1.807) is 14.0 Å². The number of nitrogens with zero attached hydrogens (tertiary/aromatic N) is 2. The largest absolute Gasteiger partial charge is 0.496 e. The third-order valence-electron chi connectivity index (χ3n) is 5.12. The third-order valence-corrected chi connectivity index (χ3v) is 5.99. The SMILES string of the molecule is COc1ccc(C)cc1-c1csc2nc(-c3ccccc3)n(C(C)C(N)=O)c(=O)c12. The molecule has 2 aromatic carbocycles. The molecular formula is C23H21N3O3S. The van der Waals surface area contributed by atoms with Crippen molar-refractivity contribution in [1.29, 1.82) is 0 Å². The first-order chi connectivity index (χ1) is 14.4. The van der Waals surface area contributed by atoms with Crippen LogP contribution in [-0.4, -0.2) is 22.6 Å². The lowest BCUT2D eigenvalue weighted by Crippen LogP contribution is -2.33. The monoisotopic (exact) mass is 419 g/mol. The predicted octanol–water partition coefficient (Wildman–Crippen LogP) is 4.16. The van der Waals surface area contributed by atoms with Crippen LogP contribution in [0.2, 0.25) is 0 Å². The molecule has 0 saturated heterocycles. The Morgan fingerprint density at radius 2 is 1.90 bits per heavy atom. The first-order valence-corrected chi connectivity index (χ1v) is 10.3. The number of aromatic nitrogens is 2. The zero-order valence-electron chi connectivity index (χ0n) is 16.9. The van der Waals surface area contributed by atoms with E-state index < -0.39 is 11.9 Å². The van der Waals surface area contributed by atoms with Gasteiger partial charge < -0.3 is 10.5 Å². The number of hydrogen-bond donors (Lipinski definition) is 1. The van der Waals surface area contributed by atoms with Crippen molar-refractivity contribution in [2.45, 2.75) is 19.9 Å². The van der Waals surface area contributed by atoms with Crippen molar-refractivity contribution in [3.63, 3.8) is 0 Å². The van der Waals surface area contributed by atoms with Crippen LogP contribution in [-0.2, 0) is 4.79 Å². The number of carbonyl (C=O) groups is 1. The molecule has 0 aliphatic heterocycles. The van der Waals surface area contributed by atoms with E-state index in [4.69, 9.17) is 15.5 Å². The van der Waals surface area contributed by atoms with E-state index in [-0.39, 0.29) is 5.56 Å². The molecule has 0 radical (unpaired) electrons. The number of carbonyl (C=O) groups excluding carboxylic acids is 1. The van der Waals surface area contributed by atoms with E-state index in [1.807, 2.05) is 60.8 Å². The molecule has 2 N–H and O–H groups in total. The Kier molecular flexibility index (Phi) is 5.13. The van der Waals surface area contributed by atoms with E-state index in [0.717, 1.165) is 22.3 Å². The topological polar surface area (TPSA) is 87.2 Å². The highest BCUT2D eigenvalue weighted by Gasteiger charge is 2.24. The molecule has 2 aromatic heterocycles. The number of amides is 1. The van der Waals surface area contributed by atoms with Gasteiger partial charge in [-0.15, -0.1) is 11.3 Å².